The molecule has 27 heavy (non-hydrogen) atoms. The minimum absolute atomic E-state index is 0.142. The molecule has 2 aliphatic rings. The van der Waals surface area contributed by atoms with Gasteiger partial charge in [-0.15, -0.1) is 0 Å². The van der Waals surface area contributed by atoms with Gasteiger partial charge in [0.15, 0.2) is 0 Å². The predicted octanol–water partition coefficient (Wildman–Crippen LogP) is 1.92. The van der Waals surface area contributed by atoms with Gasteiger partial charge in [-0.25, -0.2) is 4.79 Å². The van der Waals surface area contributed by atoms with Crippen LogP contribution in [0.4, 0.5) is 4.79 Å². The number of carbonyl (C=O) groups excluding carboxylic acids is 3. The van der Waals surface area contributed by atoms with Crippen LogP contribution in [0.25, 0.3) is 0 Å². The van der Waals surface area contributed by atoms with E-state index < -0.39 is 12.1 Å². The zero-order chi connectivity index (χ0) is 19.1. The lowest BCUT2D eigenvalue weighted by molar-refractivity contribution is -0.127. The van der Waals surface area contributed by atoms with Crippen molar-refractivity contribution in [2.75, 3.05) is 26.2 Å². The average Bonchev–Trinajstić information content (AvgIpc) is 3.33. The Kier molecular flexibility index (Phi) is 6.68. The van der Waals surface area contributed by atoms with Gasteiger partial charge in [-0.3, -0.25) is 14.5 Å². The van der Waals surface area contributed by atoms with Crippen molar-refractivity contribution in [3.63, 3.8) is 0 Å². The zero-order valence-electron chi connectivity index (χ0n) is 15.6. The summed E-state index contributed by atoms with van der Waals surface area (Å²) in [5.41, 5.74) is 0.919. The van der Waals surface area contributed by atoms with Gasteiger partial charge in [-0.1, -0.05) is 30.3 Å². The highest BCUT2D eigenvalue weighted by Crippen LogP contribution is 2.19. The Balaban J connectivity index is 1.40. The molecule has 1 atom stereocenters. The van der Waals surface area contributed by atoms with Gasteiger partial charge in [-0.2, -0.15) is 0 Å². The molecule has 7 nitrogen and oxygen atoms in total. The van der Waals surface area contributed by atoms with Crippen LogP contribution < -0.4 is 5.32 Å². The van der Waals surface area contributed by atoms with Gasteiger partial charge < -0.3 is 15.0 Å². The van der Waals surface area contributed by atoms with Gasteiger partial charge in [0.1, 0.15) is 12.6 Å². The molecular weight excluding hydrogens is 346 g/mol. The molecule has 1 aromatic rings. The molecule has 3 amide bonds. The Labute approximate surface area is 159 Å². The molecule has 2 aliphatic heterocycles. The number of likely N-dealkylation sites (tertiary alicyclic amines) is 2. The van der Waals surface area contributed by atoms with Crippen molar-refractivity contribution >= 4 is 17.9 Å². The van der Waals surface area contributed by atoms with E-state index in [-0.39, 0.29) is 18.4 Å². The van der Waals surface area contributed by atoms with Crippen LogP contribution in [0.3, 0.4) is 0 Å². The summed E-state index contributed by atoms with van der Waals surface area (Å²) in [5, 5.41) is 2.90. The molecule has 0 radical (unpaired) electrons. The van der Waals surface area contributed by atoms with Crippen LogP contribution in [0.2, 0.25) is 0 Å². The third-order valence-corrected chi connectivity index (χ3v) is 5.07. The molecule has 1 unspecified atom stereocenters. The Hall–Kier alpha value is -2.57. The largest absolute Gasteiger partial charge is 0.445 e. The number of amides is 3. The van der Waals surface area contributed by atoms with Crippen LogP contribution in [0.1, 0.15) is 37.7 Å². The molecule has 2 heterocycles. The number of nitrogens with one attached hydrogen (secondary N) is 1. The highest BCUT2D eigenvalue weighted by molar-refractivity contribution is 5.86. The monoisotopic (exact) mass is 373 g/mol. The van der Waals surface area contributed by atoms with E-state index >= 15 is 0 Å². The average molecular weight is 373 g/mol. The highest BCUT2D eigenvalue weighted by atomic mass is 16.6. The van der Waals surface area contributed by atoms with Crippen LogP contribution in [0.5, 0.6) is 0 Å². The fourth-order valence-corrected chi connectivity index (χ4v) is 3.60. The topological polar surface area (TPSA) is 79.0 Å². The maximum atomic E-state index is 12.5. The summed E-state index contributed by atoms with van der Waals surface area (Å²) in [6, 6.07) is 9.02. The standard InChI is InChI=1S/C20H27N3O4/c24-18-10-5-12-22(18)13-6-11-21-19(25)17-9-4-14-23(17)20(26)27-15-16-7-2-1-3-8-16/h1-3,7-8,17H,4-6,9-15H2,(H,21,25). The first-order valence-corrected chi connectivity index (χ1v) is 9.68. The van der Waals surface area contributed by atoms with E-state index in [4.69, 9.17) is 4.74 Å². The molecular formula is C20H27N3O4. The van der Waals surface area contributed by atoms with Crippen molar-refractivity contribution in [3.8, 4) is 0 Å². The molecule has 1 aromatic carbocycles. The first-order valence-electron chi connectivity index (χ1n) is 9.68. The molecule has 7 heteroatoms. The Bertz CT molecular complexity index is 664. The lowest BCUT2D eigenvalue weighted by atomic mass is 10.2. The van der Waals surface area contributed by atoms with Crippen molar-refractivity contribution in [1.82, 2.24) is 15.1 Å². The maximum Gasteiger partial charge on any atom is 0.410 e. The number of ether oxygens (including phenoxy) is 1. The number of carbonyl (C=O) groups is 3. The smallest absolute Gasteiger partial charge is 0.410 e. The predicted molar refractivity (Wildman–Crippen MR) is 99.8 cm³/mol. The maximum absolute atomic E-state index is 12.5. The van der Waals surface area contributed by atoms with Crippen LogP contribution in [-0.4, -0.2) is 59.9 Å². The van der Waals surface area contributed by atoms with Gasteiger partial charge in [0.05, 0.1) is 0 Å². The molecule has 0 saturated carbocycles. The van der Waals surface area contributed by atoms with Crippen LogP contribution in [-0.2, 0) is 20.9 Å². The summed E-state index contributed by atoms with van der Waals surface area (Å²) >= 11 is 0. The lowest BCUT2D eigenvalue weighted by Crippen LogP contribution is -2.46. The Morgan fingerprint density at radius 3 is 2.70 bits per heavy atom. The third-order valence-electron chi connectivity index (χ3n) is 5.07. The zero-order valence-corrected chi connectivity index (χ0v) is 15.6. The van der Waals surface area contributed by atoms with E-state index in [1.807, 2.05) is 35.2 Å². The van der Waals surface area contributed by atoms with Gasteiger partial charge in [-0.05, 0) is 31.2 Å². The Morgan fingerprint density at radius 2 is 1.96 bits per heavy atom. The van der Waals surface area contributed by atoms with Crippen LogP contribution >= 0.6 is 0 Å². The fraction of sp³-hybridized carbons (Fsp3) is 0.550. The molecule has 2 fully saturated rings. The minimum Gasteiger partial charge on any atom is -0.445 e. The van der Waals surface area contributed by atoms with E-state index in [1.165, 1.54) is 4.90 Å². The van der Waals surface area contributed by atoms with Gasteiger partial charge >= 0.3 is 6.09 Å². The van der Waals surface area contributed by atoms with Crippen molar-refractivity contribution in [2.24, 2.45) is 0 Å². The fourth-order valence-electron chi connectivity index (χ4n) is 3.60. The summed E-state index contributed by atoms with van der Waals surface area (Å²) in [6.07, 6.45) is 3.28. The first kappa shape index (κ1) is 19.2. The van der Waals surface area contributed by atoms with E-state index in [0.717, 1.165) is 31.4 Å². The normalized spacial score (nSPS) is 19.4. The van der Waals surface area contributed by atoms with E-state index in [1.54, 1.807) is 0 Å². The minimum atomic E-state index is -0.471. The molecule has 0 bridgehead atoms. The Morgan fingerprint density at radius 1 is 1.15 bits per heavy atom. The second-order valence-electron chi connectivity index (χ2n) is 7.02. The second-order valence-corrected chi connectivity index (χ2v) is 7.02. The number of hydrogen-bond acceptors (Lipinski definition) is 4. The van der Waals surface area contributed by atoms with Crippen LogP contribution in [0, 0.1) is 0 Å². The van der Waals surface area contributed by atoms with Crippen molar-refractivity contribution in [3.05, 3.63) is 35.9 Å². The molecule has 3 rings (SSSR count). The highest BCUT2D eigenvalue weighted by Gasteiger charge is 2.35. The quantitative estimate of drug-likeness (QED) is 0.741. The summed E-state index contributed by atoms with van der Waals surface area (Å²) in [7, 11) is 0. The van der Waals surface area contributed by atoms with E-state index in [9.17, 15) is 14.4 Å². The van der Waals surface area contributed by atoms with Gasteiger partial charge in [0, 0.05) is 32.6 Å². The summed E-state index contributed by atoms with van der Waals surface area (Å²) in [4.78, 5) is 39.7. The second kappa shape index (κ2) is 9.39. The van der Waals surface area contributed by atoms with Crippen molar-refractivity contribution < 1.29 is 19.1 Å². The number of benzene rings is 1. The molecule has 0 aromatic heterocycles. The van der Waals surface area contributed by atoms with E-state index in [2.05, 4.69) is 5.32 Å². The third kappa shape index (κ3) is 5.21. The summed E-state index contributed by atoms with van der Waals surface area (Å²) in [6.45, 7) is 2.73. The van der Waals surface area contributed by atoms with E-state index in [0.29, 0.717) is 32.5 Å². The molecule has 1 N–H and O–H groups in total. The summed E-state index contributed by atoms with van der Waals surface area (Å²) in [5.74, 6) is 0.0568. The van der Waals surface area contributed by atoms with Crippen molar-refractivity contribution in [1.29, 1.82) is 0 Å². The van der Waals surface area contributed by atoms with Gasteiger partial charge in [0.25, 0.3) is 0 Å². The number of rotatable bonds is 7. The lowest BCUT2D eigenvalue weighted by Gasteiger charge is -2.23. The molecule has 0 aliphatic carbocycles. The SMILES string of the molecule is O=C(NCCCN1CCCC1=O)C1CCCN1C(=O)OCc1ccccc1. The van der Waals surface area contributed by atoms with Crippen LogP contribution in [0.15, 0.2) is 30.3 Å². The van der Waals surface area contributed by atoms with Crippen molar-refractivity contribution in [2.45, 2.75) is 44.8 Å². The molecule has 0 spiro atoms. The summed E-state index contributed by atoms with van der Waals surface area (Å²) < 4.78 is 5.36. The molecule has 146 valence electrons. The number of nitrogens with zero attached hydrogens (tertiary/aromatic N) is 2. The first-order chi connectivity index (χ1) is 13.1. The number of hydrogen-bond donors (Lipinski definition) is 1. The molecule has 2 saturated heterocycles. The van der Waals surface area contributed by atoms with Gasteiger partial charge in [0.2, 0.25) is 11.8 Å².